The zero-order chi connectivity index (χ0) is 22.7. The molecule has 2 heterocycles. The Morgan fingerprint density at radius 1 is 0.788 bits per heavy atom. The van der Waals surface area contributed by atoms with Gasteiger partial charge in [-0.3, -0.25) is 0 Å². The van der Waals surface area contributed by atoms with Crippen molar-refractivity contribution in [1.29, 1.82) is 0 Å². The molecule has 1 aliphatic heterocycles. The fourth-order valence-corrected chi connectivity index (χ4v) is 7.95. The van der Waals surface area contributed by atoms with Crippen LogP contribution in [-0.4, -0.2) is 41.5 Å². The Balaban J connectivity index is 1.42. The molecule has 2 amide bonds. The molecule has 1 aromatic heterocycles. The molecule has 0 bridgehead atoms. The molecule has 0 saturated carbocycles. The SMILES string of the molecule is [CH3][Sn]([CH3])[c]1ccc2c3c(cccc13)C(=O)N(c1ccc(-c3nc4ccccc4[nH]3)cc1)C2=O. The number of rotatable bonds is 3. The molecule has 0 atom stereocenters. The molecule has 4 aromatic carbocycles. The van der Waals surface area contributed by atoms with Gasteiger partial charge >= 0.3 is 163 Å². The standard InChI is InChI=1S/C25H14N3O2.2CH3.Sn/c29-24-18-7-3-5-15-6-4-8-19(22(15)18)25(30)28(24)17-13-11-16(12-14-17)23-26-20-9-1-2-10-21(20)27-23;;;/h1-5,7-14H,(H,26,27);2*1H3;. The van der Waals surface area contributed by atoms with Crippen LogP contribution in [0.3, 0.4) is 0 Å². The molecule has 33 heavy (non-hydrogen) atoms. The number of aromatic amines is 1. The third kappa shape index (κ3) is 3.10. The number of fused-ring (bicyclic) bond motifs is 1. The predicted octanol–water partition coefficient (Wildman–Crippen LogP) is 5.15. The molecule has 0 fully saturated rings. The quantitative estimate of drug-likeness (QED) is 0.256. The van der Waals surface area contributed by atoms with Crippen molar-refractivity contribution in [3.05, 3.63) is 90.0 Å². The Kier molecular flexibility index (Phi) is 4.62. The van der Waals surface area contributed by atoms with Gasteiger partial charge in [0.15, 0.2) is 0 Å². The number of benzene rings is 4. The summed E-state index contributed by atoms with van der Waals surface area (Å²) in [6, 6.07) is 25.0. The van der Waals surface area contributed by atoms with Crippen molar-refractivity contribution >= 4 is 62.6 Å². The van der Waals surface area contributed by atoms with E-state index in [1.54, 1.807) is 0 Å². The van der Waals surface area contributed by atoms with Crippen LogP contribution < -0.4 is 8.48 Å². The van der Waals surface area contributed by atoms with Crippen LogP contribution in [0.4, 0.5) is 5.69 Å². The molecule has 1 aliphatic rings. The maximum atomic E-state index is 13.5. The Morgan fingerprint density at radius 3 is 2.24 bits per heavy atom. The van der Waals surface area contributed by atoms with Crippen LogP contribution in [0.15, 0.2) is 78.9 Å². The molecular formula is C27H20N3O2Sn. The van der Waals surface area contributed by atoms with E-state index in [0.717, 1.165) is 33.2 Å². The van der Waals surface area contributed by atoms with E-state index in [0.29, 0.717) is 16.8 Å². The molecule has 6 rings (SSSR count). The van der Waals surface area contributed by atoms with Crippen LogP contribution in [0, 0.1) is 0 Å². The summed E-state index contributed by atoms with van der Waals surface area (Å²) in [5.41, 5.74) is 4.49. The number of nitrogens with one attached hydrogen (secondary N) is 1. The normalized spacial score (nSPS) is 13.5. The van der Waals surface area contributed by atoms with Crippen molar-refractivity contribution in [1.82, 2.24) is 9.97 Å². The Hall–Kier alpha value is -3.45. The number of imidazole rings is 1. The minimum absolute atomic E-state index is 0.274. The van der Waals surface area contributed by atoms with Crippen molar-refractivity contribution in [2.45, 2.75) is 9.88 Å². The topological polar surface area (TPSA) is 66.1 Å². The van der Waals surface area contributed by atoms with Gasteiger partial charge in [0.25, 0.3) is 0 Å². The molecule has 0 spiro atoms. The van der Waals surface area contributed by atoms with Gasteiger partial charge in [0.05, 0.1) is 11.0 Å². The second-order valence-corrected chi connectivity index (χ2v) is 15.7. The summed E-state index contributed by atoms with van der Waals surface area (Å²) in [6.45, 7) is 0. The van der Waals surface area contributed by atoms with Crippen LogP contribution in [0.5, 0.6) is 0 Å². The number of H-pyrrole nitrogens is 1. The van der Waals surface area contributed by atoms with Crippen LogP contribution in [-0.2, 0) is 0 Å². The van der Waals surface area contributed by atoms with E-state index >= 15 is 0 Å². The van der Waals surface area contributed by atoms with Gasteiger partial charge in [0.2, 0.25) is 0 Å². The van der Waals surface area contributed by atoms with Crippen LogP contribution in [0.2, 0.25) is 9.88 Å². The molecule has 5 nitrogen and oxygen atoms in total. The van der Waals surface area contributed by atoms with Gasteiger partial charge in [0.1, 0.15) is 0 Å². The molecule has 0 saturated heterocycles. The van der Waals surface area contributed by atoms with Gasteiger partial charge in [-0.15, -0.1) is 0 Å². The first kappa shape index (κ1) is 20.2. The van der Waals surface area contributed by atoms with Gasteiger partial charge in [-0.1, -0.05) is 12.1 Å². The fourth-order valence-electron chi connectivity index (χ4n) is 4.62. The minimum atomic E-state index is -1.70. The van der Waals surface area contributed by atoms with Crippen molar-refractivity contribution < 1.29 is 9.59 Å². The average Bonchev–Trinajstić information content (AvgIpc) is 3.27. The molecular weight excluding hydrogens is 517 g/mol. The number of para-hydroxylation sites is 2. The Morgan fingerprint density at radius 2 is 1.52 bits per heavy atom. The number of amides is 2. The van der Waals surface area contributed by atoms with Crippen molar-refractivity contribution in [3.8, 4) is 11.4 Å². The summed E-state index contributed by atoms with van der Waals surface area (Å²) in [5, 5.41) is 1.87. The van der Waals surface area contributed by atoms with Crippen LogP contribution >= 0.6 is 0 Å². The number of anilines is 1. The second kappa shape index (κ2) is 7.56. The fraction of sp³-hybridized carbons (Fsp3) is 0.0741. The monoisotopic (exact) mass is 538 g/mol. The third-order valence-corrected chi connectivity index (χ3v) is 10.6. The predicted molar refractivity (Wildman–Crippen MR) is 134 cm³/mol. The number of carbonyl (C=O) groups excluding carboxylic acids is 2. The molecule has 5 aromatic rings. The zero-order valence-corrected chi connectivity index (χ0v) is 21.1. The third-order valence-electron chi connectivity index (χ3n) is 6.23. The summed E-state index contributed by atoms with van der Waals surface area (Å²) in [7, 11) is 0. The summed E-state index contributed by atoms with van der Waals surface area (Å²) in [6.07, 6.45) is 0. The number of nitrogens with zero attached hydrogens (tertiary/aromatic N) is 2. The first-order chi connectivity index (χ1) is 16.0. The molecule has 6 heteroatoms. The Labute approximate surface area is 197 Å². The molecule has 159 valence electrons. The summed E-state index contributed by atoms with van der Waals surface area (Å²) < 4.78 is 1.34. The molecule has 1 radical (unpaired) electrons. The number of hydrogen-bond acceptors (Lipinski definition) is 3. The maximum absolute atomic E-state index is 13.5. The van der Waals surface area contributed by atoms with E-state index in [1.165, 1.54) is 8.48 Å². The van der Waals surface area contributed by atoms with Gasteiger partial charge in [0, 0.05) is 0 Å². The van der Waals surface area contributed by atoms with E-state index in [1.807, 2.05) is 72.8 Å². The first-order valence-corrected chi connectivity index (χ1v) is 18.0. The van der Waals surface area contributed by atoms with E-state index in [4.69, 9.17) is 0 Å². The Bertz CT molecular complexity index is 1530. The number of hydrogen-bond donors (Lipinski definition) is 1. The van der Waals surface area contributed by atoms with E-state index in [-0.39, 0.29) is 11.8 Å². The van der Waals surface area contributed by atoms with Crippen molar-refractivity contribution in [2.75, 3.05) is 4.90 Å². The first-order valence-electron chi connectivity index (χ1n) is 10.8. The summed E-state index contributed by atoms with van der Waals surface area (Å²) in [4.78, 5) is 40.8. The van der Waals surface area contributed by atoms with Gasteiger partial charge in [-0.05, 0) is 12.1 Å². The molecule has 0 aliphatic carbocycles. The van der Waals surface area contributed by atoms with Gasteiger partial charge < -0.3 is 0 Å². The van der Waals surface area contributed by atoms with Crippen LogP contribution in [0.1, 0.15) is 20.7 Å². The van der Waals surface area contributed by atoms with Crippen LogP contribution in [0.25, 0.3) is 33.2 Å². The number of aromatic nitrogens is 2. The zero-order valence-electron chi connectivity index (χ0n) is 18.2. The molecule has 1 N–H and O–H groups in total. The van der Waals surface area contributed by atoms with E-state index in [2.05, 4.69) is 25.9 Å². The second-order valence-electron chi connectivity index (χ2n) is 8.48. The number of carbonyl (C=O) groups is 2. The van der Waals surface area contributed by atoms with E-state index in [9.17, 15) is 9.59 Å². The van der Waals surface area contributed by atoms with E-state index < -0.39 is 19.8 Å². The van der Waals surface area contributed by atoms with Gasteiger partial charge in [-0.25, -0.2) is 0 Å². The average molecular weight is 537 g/mol. The van der Waals surface area contributed by atoms with Gasteiger partial charge in [-0.2, -0.15) is 0 Å². The molecule has 0 unspecified atom stereocenters. The summed E-state index contributed by atoms with van der Waals surface area (Å²) >= 11 is -1.70. The van der Waals surface area contributed by atoms with Crippen molar-refractivity contribution in [3.63, 3.8) is 0 Å². The van der Waals surface area contributed by atoms with Crippen molar-refractivity contribution in [2.24, 2.45) is 0 Å². The summed E-state index contributed by atoms with van der Waals surface area (Å²) in [5.74, 6) is 0.203. The number of imide groups is 1.